The van der Waals surface area contributed by atoms with E-state index in [0.717, 1.165) is 44.0 Å². The minimum atomic E-state index is -0.0381. The summed E-state index contributed by atoms with van der Waals surface area (Å²) in [6.07, 6.45) is 4.76. The molecule has 1 fully saturated rings. The number of hydrogen-bond donors (Lipinski definition) is 1. The molecule has 0 aliphatic carbocycles. The zero-order valence-corrected chi connectivity index (χ0v) is 12.1. The molecular formula is C14H22N4O2. The van der Waals surface area contributed by atoms with E-state index in [1.54, 1.807) is 6.20 Å². The van der Waals surface area contributed by atoms with E-state index in [0.29, 0.717) is 0 Å². The summed E-state index contributed by atoms with van der Waals surface area (Å²) in [5, 5.41) is 3.02. The second kappa shape index (κ2) is 7.19. The molecule has 1 N–H and O–H groups in total. The number of aromatic nitrogens is 2. The smallest absolute Gasteiger partial charge is 0.246 e. The van der Waals surface area contributed by atoms with Crippen LogP contribution in [0.2, 0.25) is 0 Å². The molecule has 2 rings (SSSR count). The van der Waals surface area contributed by atoms with Crippen LogP contribution in [0.25, 0.3) is 0 Å². The van der Waals surface area contributed by atoms with Crippen molar-refractivity contribution < 1.29 is 9.53 Å². The lowest BCUT2D eigenvalue weighted by molar-refractivity contribution is -0.125. The molecule has 0 saturated carbocycles. The summed E-state index contributed by atoms with van der Waals surface area (Å²) in [5.74, 6) is 1.72. The van der Waals surface area contributed by atoms with Crippen LogP contribution in [0.5, 0.6) is 0 Å². The van der Waals surface area contributed by atoms with E-state index in [-0.39, 0.29) is 18.6 Å². The van der Waals surface area contributed by atoms with Gasteiger partial charge in [0.2, 0.25) is 5.91 Å². The summed E-state index contributed by atoms with van der Waals surface area (Å²) in [7, 11) is 1.53. The van der Waals surface area contributed by atoms with E-state index >= 15 is 0 Å². The third kappa shape index (κ3) is 4.16. The fourth-order valence-corrected chi connectivity index (χ4v) is 2.49. The van der Waals surface area contributed by atoms with E-state index in [9.17, 15) is 4.79 Å². The van der Waals surface area contributed by atoms with Crippen molar-refractivity contribution in [1.82, 2.24) is 15.3 Å². The molecule has 6 heteroatoms. The number of amides is 1. The molecule has 1 amide bonds. The highest BCUT2D eigenvalue weighted by Crippen LogP contribution is 2.17. The fourth-order valence-electron chi connectivity index (χ4n) is 2.49. The molecule has 6 nitrogen and oxygen atoms in total. The highest BCUT2D eigenvalue weighted by molar-refractivity contribution is 5.77. The number of carbonyl (C=O) groups excluding carboxylic acids is 1. The molecule has 1 aliphatic heterocycles. The Morgan fingerprint density at radius 1 is 1.50 bits per heavy atom. The summed E-state index contributed by atoms with van der Waals surface area (Å²) >= 11 is 0. The molecule has 0 radical (unpaired) electrons. The quantitative estimate of drug-likeness (QED) is 0.886. The Labute approximate surface area is 119 Å². The number of anilines is 1. The Morgan fingerprint density at radius 2 is 2.35 bits per heavy atom. The van der Waals surface area contributed by atoms with Gasteiger partial charge in [0.05, 0.1) is 0 Å². The number of ether oxygens (including phenoxy) is 1. The largest absolute Gasteiger partial charge is 0.375 e. The second-order valence-electron chi connectivity index (χ2n) is 5.08. The third-order valence-corrected chi connectivity index (χ3v) is 3.45. The number of carbonyl (C=O) groups is 1. The van der Waals surface area contributed by atoms with E-state index in [4.69, 9.17) is 4.74 Å². The molecule has 0 spiro atoms. The molecule has 1 atom stereocenters. The van der Waals surface area contributed by atoms with Gasteiger partial charge < -0.3 is 15.0 Å². The highest BCUT2D eigenvalue weighted by Gasteiger charge is 2.19. The Kier molecular flexibility index (Phi) is 5.29. The van der Waals surface area contributed by atoms with Crippen LogP contribution in [0, 0.1) is 6.92 Å². The number of nitrogens with zero attached hydrogens (tertiary/aromatic N) is 3. The summed E-state index contributed by atoms with van der Waals surface area (Å²) in [6, 6.07) is 2.17. The van der Waals surface area contributed by atoms with Crippen molar-refractivity contribution in [3.8, 4) is 0 Å². The van der Waals surface area contributed by atoms with E-state index in [1.807, 2.05) is 13.0 Å². The first-order valence-corrected chi connectivity index (χ1v) is 7.02. The maximum absolute atomic E-state index is 11.5. The molecule has 1 aromatic heterocycles. The molecule has 2 heterocycles. The molecule has 20 heavy (non-hydrogen) atoms. The van der Waals surface area contributed by atoms with Gasteiger partial charge in [-0.1, -0.05) is 0 Å². The van der Waals surface area contributed by atoms with Crippen molar-refractivity contribution in [2.75, 3.05) is 31.7 Å². The lowest BCUT2D eigenvalue weighted by Crippen LogP contribution is -2.37. The van der Waals surface area contributed by atoms with Gasteiger partial charge in [-0.3, -0.25) is 4.79 Å². The fraction of sp³-hybridized carbons (Fsp3) is 0.643. The summed E-state index contributed by atoms with van der Waals surface area (Å²) in [5.41, 5.74) is 0. The first-order chi connectivity index (χ1) is 9.69. The zero-order chi connectivity index (χ0) is 14.4. The number of rotatable bonds is 4. The van der Waals surface area contributed by atoms with Gasteiger partial charge in [0, 0.05) is 32.4 Å². The van der Waals surface area contributed by atoms with Gasteiger partial charge in [-0.15, -0.1) is 0 Å². The maximum Gasteiger partial charge on any atom is 0.246 e. The van der Waals surface area contributed by atoms with Crippen LogP contribution in [-0.2, 0) is 9.53 Å². The van der Waals surface area contributed by atoms with Gasteiger partial charge in [-0.2, -0.15) is 0 Å². The van der Waals surface area contributed by atoms with Crippen LogP contribution < -0.4 is 10.2 Å². The first kappa shape index (κ1) is 14.7. The maximum atomic E-state index is 11.5. The van der Waals surface area contributed by atoms with Crippen LogP contribution in [0.3, 0.4) is 0 Å². The SMILES string of the molecule is COCC(=O)N[C@@H]1CCCN(c2ccnc(C)n2)CC1. The van der Waals surface area contributed by atoms with Crippen LogP contribution in [0.15, 0.2) is 12.3 Å². The molecule has 1 saturated heterocycles. The van der Waals surface area contributed by atoms with Crippen molar-refractivity contribution in [3.63, 3.8) is 0 Å². The van der Waals surface area contributed by atoms with Gasteiger partial charge in [0.25, 0.3) is 0 Å². The number of nitrogens with one attached hydrogen (secondary N) is 1. The van der Waals surface area contributed by atoms with Gasteiger partial charge >= 0.3 is 0 Å². The molecule has 0 unspecified atom stereocenters. The van der Waals surface area contributed by atoms with Crippen LogP contribution >= 0.6 is 0 Å². The predicted octanol–water partition coefficient (Wildman–Crippen LogP) is 0.907. The van der Waals surface area contributed by atoms with Crippen molar-refractivity contribution in [3.05, 3.63) is 18.1 Å². The van der Waals surface area contributed by atoms with Crippen molar-refractivity contribution in [1.29, 1.82) is 0 Å². The topological polar surface area (TPSA) is 67.3 Å². The first-order valence-electron chi connectivity index (χ1n) is 7.02. The summed E-state index contributed by atoms with van der Waals surface area (Å²) < 4.78 is 4.84. The summed E-state index contributed by atoms with van der Waals surface area (Å²) in [4.78, 5) is 22.4. The van der Waals surface area contributed by atoms with Crippen LogP contribution in [0.4, 0.5) is 5.82 Å². The van der Waals surface area contributed by atoms with Crippen LogP contribution in [0.1, 0.15) is 25.1 Å². The zero-order valence-electron chi connectivity index (χ0n) is 12.1. The molecule has 0 bridgehead atoms. The predicted molar refractivity (Wildman–Crippen MR) is 76.6 cm³/mol. The number of methoxy groups -OCH3 is 1. The van der Waals surface area contributed by atoms with Gasteiger partial charge in [-0.25, -0.2) is 9.97 Å². The molecule has 1 aromatic rings. The van der Waals surface area contributed by atoms with Gasteiger partial charge in [0.1, 0.15) is 18.2 Å². The van der Waals surface area contributed by atoms with Gasteiger partial charge in [0.15, 0.2) is 0 Å². The lowest BCUT2D eigenvalue weighted by atomic mass is 10.1. The van der Waals surface area contributed by atoms with E-state index in [2.05, 4.69) is 20.2 Å². The van der Waals surface area contributed by atoms with Crippen molar-refractivity contribution >= 4 is 11.7 Å². The van der Waals surface area contributed by atoms with Gasteiger partial charge in [-0.05, 0) is 32.3 Å². The van der Waals surface area contributed by atoms with E-state index < -0.39 is 0 Å². The Balaban J connectivity index is 1.90. The summed E-state index contributed by atoms with van der Waals surface area (Å²) in [6.45, 7) is 3.89. The average molecular weight is 278 g/mol. The average Bonchev–Trinajstić information content (AvgIpc) is 2.64. The Bertz CT molecular complexity index is 453. The Hall–Kier alpha value is -1.69. The monoisotopic (exact) mass is 278 g/mol. The molecule has 1 aliphatic rings. The van der Waals surface area contributed by atoms with Crippen molar-refractivity contribution in [2.45, 2.75) is 32.2 Å². The van der Waals surface area contributed by atoms with Crippen LogP contribution in [-0.4, -0.2) is 48.7 Å². The van der Waals surface area contributed by atoms with E-state index in [1.165, 1.54) is 7.11 Å². The number of hydrogen-bond acceptors (Lipinski definition) is 5. The molecule has 110 valence electrons. The van der Waals surface area contributed by atoms with Crippen molar-refractivity contribution in [2.24, 2.45) is 0 Å². The standard InChI is InChI=1S/C14H22N4O2/c1-11-15-7-5-13(16-11)18-8-3-4-12(6-9-18)17-14(19)10-20-2/h5,7,12H,3-4,6,8-10H2,1-2H3,(H,17,19)/t12-/m1/s1. The minimum Gasteiger partial charge on any atom is -0.375 e. The second-order valence-corrected chi connectivity index (χ2v) is 5.08. The highest BCUT2D eigenvalue weighted by atomic mass is 16.5. The Morgan fingerprint density at radius 3 is 3.10 bits per heavy atom. The third-order valence-electron chi connectivity index (χ3n) is 3.45. The normalized spacial score (nSPS) is 19.5. The lowest BCUT2D eigenvalue weighted by Gasteiger charge is -2.21. The molecular weight excluding hydrogens is 256 g/mol. The number of aryl methyl sites for hydroxylation is 1. The molecule has 0 aromatic carbocycles. The minimum absolute atomic E-state index is 0.0381.